The first kappa shape index (κ1) is 21.8. The molecule has 2 N–H and O–H groups in total. The Hall–Kier alpha value is -2.91. The molecule has 1 amide bonds. The molecule has 0 spiro atoms. The van der Waals surface area contributed by atoms with Gasteiger partial charge in [0.05, 0.1) is 17.7 Å². The van der Waals surface area contributed by atoms with E-state index in [1.165, 1.54) is 34.8 Å². The van der Waals surface area contributed by atoms with Crippen molar-refractivity contribution in [3.05, 3.63) is 53.6 Å². The van der Waals surface area contributed by atoms with Crippen LogP contribution >= 0.6 is 0 Å². The Bertz CT molecular complexity index is 1030. The highest BCUT2D eigenvalue weighted by Crippen LogP contribution is 2.26. The highest BCUT2D eigenvalue weighted by atomic mass is 32.2. The number of rotatable bonds is 7. The standard InChI is InChI=1S/C21H25N3O5S/c1-2-29-20-13-16(9-10-19(20)25)15-22-23-21(26)17-7-6-8-18(14-17)30(27,28)24-11-4-3-5-12-24/h6-10,13-15,25H,2-5,11-12H2,1H3,(H,23,26)/b22-15+. The number of hydrogen-bond acceptors (Lipinski definition) is 6. The Balaban J connectivity index is 1.70. The number of sulfonamides is 1. The molecule has 0 atom stereocenters. The van der Waals surface area contributed by atoms with Gasteiger partial charge in [0.2, 0.25) is 10.0 Å². The van der Waals surface area contributed by atoms with Crippen LogP contribution in [0.3, 0.4) is 0 Å². The Kier molecular flexibility index (Phi) is 7.07. The lowest BCUT2D eigenvalue weighted by Gasteiger charge is -2.25. The average Bonchev–Trinajstić information content (AvgIpc) is 2.76. The van der Waals surface area contributed by atoms with Crippen molar-refractivity contribution in [2.24, 2.45) is 5.10 Å². The van der Waals surface area contributed by atoms with E-state index in [-0.39, 0.29) is 16.2 Å². The third-order valence-corrected chi connectivity index (χ3v) is 6.61. The minimum Gasteiger partial charge on any atom is -0.504 e. The van der Waals surface area contributed by atoms with E-state index in [9.17, 15) is 18.3 Å². The predicted octanol–water partition coefficient (Wildman–Crippen LogP) is 2.73. The van der Waals surface area contributed by atoms with Crippen molar-refractivity contribution in [3.8, 4) is 11.5 Å². The fourth-order valence-electron chi connectivity index (χ4n) is 3.16. The normalized spacial score (nSPS) is 15.2. The Morgan fingerprint density at radius 2 is 1.97 bits per heavy atom. The number of amides is 1. The molecule has 8 nitrogen and oxygen atoms in total. The number of benzene rings is 2. The summed E-state index contributed by atoms with van der Waals surface area (Å²) in [5.41, 5.74) is 3.21. The van der Waals surface area contributed by atoms with Gasteiger partial charge in [0, 0.05) is 18.7 Å². The van der Waals surface area contributed by atoms with Crippen LogP contribution in [-0.4, -0.2) is 49.6 Å². The van der Waals surface area contributed by atoms with Crippen molar-refractivity contribution in [2.75, 3.05) is 19.7 Å². The first-order valence-electron chi connectivity index (χ1n) is 9.81. The fourth-order valence-corrected chi connectivity index (χ4v) is 4.73. The van der Waals surface area contributed by atoms with Gasteiger partial charge < -0.3 is 9.84 Å². The minimum absolute atomic E-state index is 0.0183. The maximum Gasteiger partial charge on any atom is 0.271 e. The molecule has 0 radical (unpaired) electrons. The van der Waals surface area contributed by atoms with Gasteiger partial charge in [-0.3, -0.25) is 4.79 Å². The number of carbonyl (C=O) groups excluding carboxylic acids is 1. The summed E-state index contributed by atoms with van der Waals surface area (Å²) >= 11 is 0. The first-order chi connectivity index (χ1) is 14.4. The smallest absolute Gasteiger partial charge is 0.271 e. The van der Waals surface area contributed by atoms with Crippen molar-refractivity contribution in [2.45, 2.75) is 31.1 Å². The Labute approximate surface area is 176 Å². The van der Waals surface area contributed by atoms with E-state index in [1.807, 2.05) is 0 Å². The van der Waals surface area contributed by atoms with E-state index in [2.05, 4.69) is 10.5 Å². The summed E-state index contributed by atoms with van der Waals surface area (Å²) < 4.78 is 32.4. The number of carbonyl (C=O) groups is 1. The zero-order chi connectivity index (χ0) is 21.6. The average molecular weight is 432 g/mol. The van der Waals surface area contributed by atoms with Crippen LogP contribution in [0.1, 0.15) is 42.1 Å². The van der Waals surface area contributed by atoms with Gasteiger partial charge in [-0.1, -0.05) is 12.5 Å². The SMILES string of the molecule is CCOc1cc(/C=N/NC(=O)c2cccc(S(=O)(=O)N3CCCCC3)c2)ccc1O. The zero-order valence-electron chi connectivity index (χ0n) is 16.7. The summed E-state index contributed by atoms with van der Waals surface area (Å²) in [5, 5.41) is 13.6. The Morgan fingerprint density at radius 3 is 2.70 bits per heavy atom. The van der Waals surface area contributed by atoms with Gasteiger partial charge in [-0.05, 0) is 61.7 Å². The molecule has 0 bridgehead atoms. The summed E-state index contributed by atoms with van der Waals surface area (Å²) in [4.78, 5) is 12.5. The largest absolute Gasteiger partial charge is 0.504 e. The monoisotopic (exact) mass is 431 g/mol. The first-order valence-corrected chi connectivity index (χ1v) is 11.3. The molecule has 30 heavy (non-hydrogen) atoms. The number of nitrogens with zero attached hydrogens (tertiary/aromatic N) is 2. The molecule has 1 aliphatic rings. The van der Waals surface area contributed by atoms with E-state index in [0.29, 0.717) is 31.0 Å². The molecule has 1 fully saturated rings. The summed E-state index contributed by atoms with van der Waals surface area (Å²) in [6.07, 6.45) is 4.13. The molecule has 1 heterocycles. The van der Waals surface area contributed by atoms with Gasteiger partial charge in [-0.2, -0.15) is 9.41 Å². The van der Waals surface area contributed by atoms with Crippen LogP contribution in [0.4, 0.5) is 0 Å². The summed E-state index contributed by atoms with van der Waals surface area (Å²) in [5.74, 6) is -0.182. The molecule has 1 aliphatic heterocycles. The second-order valence-electron chi connectivity index (χ2n) is 6.85. The molecule has 2 aromatic rings. The molecule has 3 rings (SSSR count). The fraction of sp³-hybridized carbons (Fsp3) is 0.333. The van der Waals surface area contributed by atoms with Gasteiger partial charge in [0.15, 0.2) is 11.5 Å². The van der Waals surface area contributed by atoms with E-state index in [1.54, 1.807) is 25.1 Å². The molecule has 2 aromatic carbocycles. The van der Waals surface area contributed by atoms with Crippen molar-refractivity contribution in [1.29, 1.82) is 0 Å². The summed E-state index contributed by atoms with van der Waals surface area (Å²) in [7, 11) is -3.62. The van der Waals surface area contributed by atoms with Crippen LogP contribution in [0.5, 0.6) is 11.5 Å². The van der Waals surface area contributed by atoms with Crippen molar-refractivity contribution in [1.82, 2.24) is 9.73 Å². The van der Waals surface area contributed by atoms with Crippen LogP contribution < -0.4 is 10.2 Å². The molecule has 9 heteroatoms. The molecule has 0 saturated carbocycles. The van der Waals surface area contributed by atoms with Crippen LogP contribution in [-0.2, 0) is 10.0 Å². The number of hydrogen-bond donors (Lipinski definition) is 2. The lowest BCUT2D eigenvalue weighted by molar-refractivity contribution is 0.0955. The van der Waals surface area contributed by atoms with Gasteiger partial charge >= 0.3 is 0 Å². The summed E-state index contributed by atoms with van der Waals surface area (Å²) in [6, 6.07) is 10.6. The quantitative estimate of drug-likeness (QED) is 0.518. The molecule has 0 unspecified atom stereocenters. The second kappa shape index (κ2) is 9.73. The van der Waals surface area contributed by atoms with E-state index < -0.39 is 15.9 Å². The van der Waals surface area contributed by atoms with Gasteiger partial charge in [-0.25, -0.2) is 13.8 Å². The number of nitrogens with one attached hydrogen (secondary N) is 1. The maximum atomic E-state index is 12.8. The van der Waals surface area contributed by atoms with Crippen molar-refractivity contribution >= 4 is 22.1 Å². The minimum atomic E-state index is -3.62. The topological polar surface area (TPSA) is 108 Å². The number of aromatic hydroxyl groups is 1. The summed E-state index contributed by atoms with van der Waals surface area (Å²) in [6.45, 7) is 3.21. The third-order valence-electron chi connectivity index (χ3n) is 4.71. The number of hydrazone groups is 1. The van der Waals surface area contributed by atoms with Crippen molar-refractivity contribution < 1.29 is 23.1 Å². The van der Waals surface area contributed by atoms with Crippen LogP contribution in [0.2, 0.25) is 0 Å². The molecular formula is C21H25N3O5S. The van der Waals surface area contributed by atoms with Gasteiger partial charge in [0.25, 0.3) is 5.91 Å². The molecular weight excluding hydrogens is 406 g/mol. The van der Waals surface area contributed by atoms with Crippen LogP contribution in [0.25, 0.3) is 0 Å². The van der Waals surface area contributed by atoms with E-state index in [4.69, 9.17) is 4.74 Å². The number of piperidine rings is 1. The molecule has 160 valence electrons. The molecule has 0 aliphatic carbocycles. The zero-order valence-corrected chi connectivity index (χ0v) is 17.6. The lowest BCUT2D eigenvalue weighted by atomic mass is 10.2. The van der Waals surface area contributed by atoms with Gasteiger partial charge in [-0.15, -0.1) is 0 Å². The third kappa shape index (κ3) is 5.17. The van der Waals surface area contributed by atoms with Crippen LogP contribution in [0, 0.1) is 0 Å². The lowest BCUT2D eigenvalue weighted by Crippen LogP contribution is -2.35. The second-order valence-corrected chi connectivity index (χ2v) is 8.79. The number of ether oxygens (including phenoxy) is 1. The van der Waals surface area contributed by atoms with E-state index in [0.717, 1.165) is 19.3 Å². The van der Waals surface area contributed by atoms with Crippen molar-refractivity contribution in [3.63, 3.8) is 0 Å². The van der Waals surface area contributed by atoms with E-state index >= 15 is 0 Å². The Morgan fingerprint density at radius 1 is 1.20 bits per heavy atom. The number of phenolic OH excluding ortho intramolecular Hbond substituents is 1. The predicted molar refractivity (Wildman–Crippen MR) is 113 cm³/mol. The molecule has 0 aromatic heterocycles. The maximum absolute atomic E-state index is 12.8. The van der Waals surface area contributed by atoms with Gasteiger partial charge in [0.1, 0.15) is 0 Å². The highest BCUT2D eigenvalue weighted by molar-refractivity contribution is 7.89. The highest BCUT2D eigenvalue weighted by Gasteiger charge is 2.26. The molecule has 1 saturated heterocycles. The van der Waals surface area contributed by atoms with Crippen LogP contribution in [0.15, 0.2) is 52.5 Å². The number of phenols is 1.